The van der Waals surface area contributed by atoms with E-state index in [2.05, 4.69) is 4.98 Å². The minimum absolute atomic E-state index is 0.235. The van der Waals surface area contributed by atoms with E-state index in [-0.39, 0.29) is 5.69 Å². The van der Waals surface area contributed by atoms with Gasteiger partial charge in [0, 0.05) is 19.1 Å². The van der Waals surface area contributed by atoms with Gasteiger partial charge in [0.2, 0.25) is 0 Å². The van der Waals surface area contributed by atoms with Crippen LogP contribution in [0.15, 0.2) is 12.1 Å². The van der Waals surface area contributed by atoms with Gasteiger partial charge in [-0.2, -0.15) is 0 Å². The molecule has 1 aromatic rings. The number of pyridine rings is 1. The molecule has 0 atom stereocenters. The molecular weight excluding hydrogens is 204 g/mol. The van der Waals surface area contributed by atoms with Crippen molar-refractivity contribution in [3.8, 4) is 0 Å². The molecule has 0 saturated carbocycles. The third kappa shape index (κ3) is 2.33. The van der Waals surface area contributed by atoms with Crippen LogP contribution >= 0.6 is 0 Å². The second-order valence-corrected chi connectivity index (χ2v) is 2.71. The number of ketones is 1. The summed E-state index contributed by atoms with van der Waals surface area (Å²) >= 11 is 0. The SMILES string of the molecule is CC(=O)c1cc([N+](=O)[O-])cc(C(=O)O)n1. The molecular formula is C8H6N2O5. The number of carboxylic acid groups (broad SMARTS) is 1. The molecule has 7 heteroatoms. The maximum atomic E-state index is 10.9. The number of carbonyl (C=O) groups is 2. The lowest BCUT2D eigenvalue weighted by Gasteiger charge is -1.98. The summed E-state index contributed by atoms with van der Waals surface area (Å²) in [5.41, 5.74) is -1.22. The van der Waals surface area contributed by atoms with Gasteiger partial charge in [-0.25, -0.2) is 9.78 Å². The first kappa shape index (κ1) is 10.8. The number of nitro groups is 1. The number of hydrogen-bond donors (Lipinski definition) is 1. The monoisotopic (exact) mass is 210 g/mol. The zero-order valence-electron chi connectivity index (χ0n) is 7.63. The summed E-state index contributed by atoms with van der Waals surface area (Å²) < 4.78 is 0. The number of rotatable bonds is 3. The van der Waals surface area contributed by atoms with Crippen molar-refractivity contribution >= 4 is 17.4 Å². The van der Waals surface area contributed by atoms with Crippen LogP contribution in [0.3, 0.4) is 0 Å². The van der Waals surface area contributed by atoms with Crippen LogP contribution in [0.2, 0.25) is 0 Å². The lowest BCUT2D eigenvalue weighted by molar-refractivity contribution is -0.385. The van der Waals surface area contributed by atoms with Crippen molar-refractivity contribution in [3.05, 3.63) is 33.6 Å². The Morgan fingerprint density at radius 2 is 1.93 bits per heavy atom. The largest absolute Gasteiger partial charge is 0.477 e. The number of nitrogens with zero attached hydrogens (tertiary/aromatic N) is 2. The third-order valence-corrected chi connectivity index (χ3v) is 1.60. The maximum absolute atomic E-state index is 10.9. The fourth-order valence-electron chi connectivity index (χ4n) is 0.911. The molecule has 1 heterocycles. The van der Waals surface area contributed by atoms with Gasteiger partial charge in [-0.1, -0.05) is 0 Å². The molecule has 0 aliphatic heterocycles. The number of hydrogen-bond acceptors (Lipinski definition) is 5. The molecule has 1 N–H and O–H groups in total. The number of Topliss-reactive ketones (excluding diaryl/α,β-unsaturated/α-hetero) is 1. The van der Waals surface area contributed by atoms with Gasteiger partial charge in [0.25, 0.3) is 5.69 Å². The van der Waals surface area contributed by atoms with Crippen LogP contribution < -0.4 is 0 Å². The van der Waals surface area contributed by atoms with Crippen LogP contribution in [-0.4, -0.2) is 26.8 Å². The highest BCUT2D eigenvalue weighted by Gasteiger charge is 2.16. The standard InChI is InChI=1S/C8H6N2O5/c1-4(11)6-2-5(10(14)15)3-7(9-6)8(12)13/h2-3H,1H3,(H,12,13). The smallest absolute Gasteiger partial charge is 0.354 e. The summed E-state index contributed by atoms with van der Waals surface area (Å²) in [5.74, 6) is -1.94. The highest BCUT2D eigenvalue weighted by atomic mass is 16.6. The first-order valence-electron chi connectivity index (χ1n) is 3.82. The molecule has 0 unspecified atom stereocenters. The summed E-state index contributed by atoms with van der Waals surface area (Å²) in [5, 5.41) is 19.0. The molecule has 0 aliphatic carbocycles. The summed E-state index contributed by atoms with van der Waals surface area (Å²) in [6.45, 7) is 1.15. The fourth-order valence-corrected chi connectivity index (χ4v) is 0.911. The van der Waals surface area contributed by atoms with E-state index in [0.29, 0.717) is 0 Å². The summed E-state index contributed by atoms with van der Waals surface area (Å²) in [6, 6.07) is 1.74. The molecule has 1 rings (SSSR count). The van der Waals surface area contributed by atoms with Crippen molar-refractivity contribution in [2.75, 3.05) is 0 Å². The molecule has 0 aliphatic rings. The van der Waals surface area contributed by atoms with Crippen molar-refractivity contribution in [3.63, 3.8) is 0 Å². The third-order valence-electron chi connectivity index (χ3n) is 1.60. The summed E-state index contributed by atoms with van der Waals surface area (Å²) in [7, 11) is 0. The number of aromatic nitrogens is 1. The van der Waals surface area contributed by atoms with E-state index in [9.17, 15) is 19.7 Å². The first-order valence-corrected chi connectivity index (χ1v) is 3.82. The van der Waals surface area contributed by atoms with Crippen LogP contribution in [0.4, 0.5) is 5.69 Å². The van der Waals surface area contributed by atoms with Crippen molar-refractivity contribution in [2.45, 2.75) is 6.92 Å². The Morgan fingerprint density at radius 3 is 2.33 bits per heavy atom. The van der Waals surface area contributed by atoms with Crippen LogP contribution in [0.1, 0.15) is 27.9 Å². The highest BCUT2D eigenvalue weighted by molar-refractivity contribution is 5.95. The maximum Gasteiger partial charge on any atom is 0.354 e. The minimum Gasteiger partial charge on any atom is -0.477 e. The minimum atomic E-state index is -1.42. The lowest BCUT2D eigenvalue weighted by Crippen LogP contribution is -2.07. The molecule has 15 heavy (non-hydrogen) atoms. The highest BCUT2D eigenvalue weighted by Crippen LogP contribution is 2.14. The molecule has 0 aromatic carbocycles. The average Bonchev–Trinajstić information content (AvgIpc) is 2.16. The van der Waals surface area contributed by atoms with E-state index in [1.54, 1.807) is 0 Å². The Bertz CT molecular complexity index is 375. The molecule has 0 spiro atoms. The van der Waals surface area contributed by atoms with Gasteiger partial charge in [-0.15, -0.1) is 0 Å². The van der Waals surface area contributed by atoms with Gasteiger partial charge in [-0.05, 0) is 0 Å². The lowest BCUT2D eigenvalue weighted by atomic mass is 10.2. The number of aromatic carboxylic acids is 1. The topological polar surface area (TPSA) is 110 Å². The molecule has 0 amide bonds. The summed E-state index contributed by atoms with van der Waals surface area (Å²) in [6.07, 6.45) is 0. The first-order chi connectivity index (χ1) is 6.91. The van der Waals surface area contributed by atoms with Gasteiger partial charge in [0.1, 0.15) is 5.69 Å². The summed E-state index contributed by atoms with van der Waals surface area (Å²) in [4.78, 5) is 34.6. The second kappa shape index (κ2) is 3.82. The van der Waals surface area contributed by atoms with E-state index in [1.807, 2.05) is 0 Å². The normalized spacial score (nSPS) is 9.67. The van der Waals surface area contributed by atoms with E-state index >= 15 is 0 Å². The Labute approximate surface area is 83.5 Å². The van der Waals surface area contributed by atoms with Crippen molar-refractivity contribution < 1.29 is 19.6 Å². The van der Waals surface area contributed by atoms with Crippen LogP contribution in [0.25, 0.3) is 0 Å². The number of carboxylic acids is 1. The van der Waals surface area contributed by atoms with Gasteiger partial charge in [0.05, 0.1) is 4.92 Å². The molecule has 0 saturated heterocycles. The van der Waals surface area contributed by atoms with E-state index in [4.69, 9.17) is 5.11 Å². The molecule has 1 aromatic heterocycles. The Kier molecular flexibility index (Phi) is 2.75. The Morgan fingerprint density at radius 1 is 1.40 bits per heavy atom. The van der Waals surface area contributed by atoms with Gasteiger partial charge in [-0.3, -0.25) is 14.9 Å². The van der Waals surface area contributed by atoms with Crippen molar-refractivity contribution in [1.82, 2.24) is 4.98 Å². The average molecular weight is 210 g/mol. The van der Waals surface area contributed by atoms with Crippen molar-refractivity contribution in [1.29, 1.82) is 0 Å². The quantitative estimate of drug-likeness (QED) is 0.450. The molecule has 78 valence electrons. The molecule has 7 nitrogen and oxygen atoms in total. The van der Waals surface area contributed by atoms with Gasteiger partial charge < -0.3 is 5.11 Å². The zero-order chi connectivity index (χ0) is 11.6. The fraction of sp³-hybridized carbons (Fsp3) is 0.125. The van der Waals surface area contributed by atoms with E-state index in [0.717, 1.165) is 19.1 Å². The second-order valence-electron chi connectivity index (χ2n) is 2.71. The molecule has 0 bridgehead atoms. The molecule has 0 fully saturated rings. The van der Waals surface area contributed by atoms with Crippen molar-refractivity contribution in [2.24, 2.45) is 0 Å². The van der Waals surface area contributed by atoms with Crippen LogP contribution in [-0.2, 0) is 0 Å². The van der Waals surface area contributed by atoms with Gasteiger partial charge in [0.15, 0.2) is 11.5 Å². The Balaban J connectivity index is 3.39. The van der Waals surface area contributed by atoms with E-state index in [1.165, 1.54) is 0 Å². The number of carbonyl (C=O) groups excluding carboxylic acids is 1. The zero-order valence-corrected chi connectivity index (χ0v) is 7.63. The van der Waals surface area contributed by atoms with Crippen LogP contribution in [0, 0.1) is 10.1 Å². The predicted molar refractivity (Wildman–Crippen MR) is 47.9 cm³/mol. The Hall–Kier alpha value is -2.31. The van der Waals surface area contributed by atoms with Crippen LogP contribution in [0.5, 0.6) is 0 Å². The van der Waals surface area contributed by atoms with E-state index < -0.39 is 28.1 Å². The molecule has 0 radical (unpaired) electrons. The predicted octanol–water partition coefficient (Wildman–Crippen LogP) is 0.891. The van der Waals surface area contributed by atoms with Gasteiger partial charge >= 0.3 is 5.97 Å².